The number of hydrogen-bond donors (Lipinski definition) is 0. The molecular weight excluding hydrogens is 549 g/mol. The third-order valence-corrected chi connectivity index (χ3v) is 9.19. The topological polar surface area (TPSA) is 52.6 Å². The number of fused-ring (bicyclic) bond motifs is 1. The first-order valence-corrected chi connectivity index (χ1v) is 16.3. The van der Waals surface area contributed by atoms with Gasteiger partial charge in [-0.1, -0.05) is 81.4 Å². The van der Waals surface area contributed by atoms with Crippen LogP contribution in [0.1, 0.15) is 68.0 Å². The molecule has 1 aromatic heterocycles. The Labute approximate surface area is 252 Å². The zero-order valence-corrected chi connectivity index (χ0v) is 26.1. The fraction of sp³-hybridized carbons (Fsp3) is 0.371. The first-order valence-electron chi connectivity index (χ1n) is 14.5. The van der Waals surface area contributed by atoms with Gasteiger partial charge in [-0.3, -0.25) is 9.59 Å². The molecule has 4 aromatic rings. The van der Waals surface area contributed by atoms with Gasteiger partial charge in [0.15, 0.2) is 10.9 Å². The van der Waals surface area contributed by atoms with Crippen molar-refractivity contribution in [1.29, 1.82) is 0 Å². The summed E-state index contributed by atoms with van der Waals surface area (Å²) >= 11 is 2.91. The summed E-state index contributed by atoms with van der Waals surface area (Å²) in [7, 11) is 0. The van der Waals surface area contributed by atoms with Gasteiger partial charge in [-0.15, -0.1) is 11.3 Å². The van der Waals surface area contributed by atoms with Gasteiger partial charge in [0, 0.05) is 29.5 Å². The predicted molar refractivity (Wildman–Crippen MR) is 173 cm³/mol. The molecule has 3 aromatic carbocycles. The lowest BCUT2D eigenvalue weighted by Gasteiger charge is -2.17. The molecule has 6 heteroatoms. The molecule has 1 unspecified atom stereocenters. The van der Waals surface area contributed by atoms with Gasteiger partial charge >= 0.3 is 0 Å². The second kappa shape index (κ2) is 15.2. The standard InChI is InChI=1S/C35H40O4S2/c1-5-10-31-32(20-19-30-28(23-40-35(30)31)14-13-26-11-7-6-8-12-26)39-22-9-21-38-29-17-15-27(16-18-29)34(41-25(4)36)33(37)24(2)3/h6-8,11-12,15-20,23-24,34H,5,9-10,13-14,21-22H2,1-4H3. The van der Waals surface area contributed by atoms with E-state index in [2.05, 4.69) is 54.8 Å². The predicted octanol–water partition coefficient (Wildman–Crippen LogP) is 9.03. The number of thioether (sulfide) groups is 1. The van der Waals surface area contributed by atoms with Gasteiger partial charge < -0.3 is 9.47 Å². The van der Waals surface area contributed by atoms with E-state index in [1.54, 1.807) is 0 Å². The lowest BCUT2D eigenvalue weighted by atomic mass is 10.0. The highest BCUT2D eigenvalue weighted by Crippen LogP contribution is 2.37. The molecular formula is C35H40O4S2. The third kappa shape index (κ3) is 8.46. The average molecular weight is 589 g/mol. The molecule has 0 bridgehead atoms. The Hall–Kier alpha value is -3.09. The number of benzene rings is 3. The maximum Gasteiger partial charge on any atom is 0.186 e. The van der Waals surface area contributed by atoms with Gasteiger partial charge in [0.1, 0.15) is 11.5 Å². The van der Waals surface area contributed by atoms with E-state index in [0.717, 1.165) is 60.9 Å². The highest BCUT2D eigenvalue weighted by Gasteiger charge is 2.25. The lowest BCUT2D eigenvalue weighted by Crippen LogP contribution is -2.16. The second-order valence-electron chi connectivity index (χ2n) is 10.6. The molecule has 0 fully saturated rings. The molecule has 0 amide bonds. The number of carbonyl (C=O) groups is 2. The largest absolute Gasteiger partial charge is 0.493 e. The van der Waals surface area contributed by atoms with Crippen molar-refractivity contribution >= 4 is 44.1 Å². The van der Waals surface area contributed by atoms with Gasteiger partial charge in [0.05, 0.1) is 18.5 Å². The Morgan fingerprint density at radius 1 is 0.878 bits per heavy atom. The van der Waals surface area contributed by atoms with Crippen molar-refractivity contribution in [3.8, 4) is 11.5 Å². The number of rotatable bonds is 15. The molecule has 0 N–H and O–H groups in total. The van der Waals surface area contributed by atoms with Crippen molar-refractivity contribution in [3.63, 3.8) is 0 Å². The van der Waals surface area contributed by atoms with Crippen LogP contribution >= 0.6 is 23.1 Å². The van der Waals surface area contributed by atoms with Crippen LogP contribution in [0.15, 0.2) is 72.1 Å². The summed E-state index contributed by atoms with van der Waals surface area (Å²) in [5.74, 6) is 1.64. The van der Waals surface area contributed by atoms with Crippen molar-refractivity contribution < 1.29 is 19.1 Å². The molecule has 4 rings (SSSR count). The molecule has 0 aliphatic rings. The lowest BCUT2D eigenvalue weighted by molar-refractivity contribution is -0.121. The van der Waals surface area contributed by atoms with Gasteiger partial charge in [-0.25, -0.2) is 0 Å². The number of carbonyl (C=O) groups excluding carboxylic acids is 2. The third-order valence-electron chi connectivity index (χ3n) is 7.02. The molecule has 0 spiro atoms. The zero-order chi connectivity index (χ0) is 29.2. The Bertz CT molecular complexity index is 1420. The smallest absolute Gasteiger partial charge is 0.186 e. The minimum Gasteiger partial charge on any atom is -0.493 e. The maximum absolute atomic E-state index is 12.6. The number of aryl methyl sites for hydroxylation is 3. The second-order valence-corrected chi connectivity index (χ2v) is 12.7. The molecule has 4 nitrogen and oxygen atoms in total. The summed E-state index contributed by atoms with van der Waals surface area (Å²) in [5, 5.41) is 3.13. The Kier molecular flexibility index (Phi) is 11.5. The first kappa shape index (κ1) is 30.9. The van der Waals surface area contributed by atoms with E-state index in [-0.39, 0.29) is 16.8 Å². The summed E-state index contributed by atoms with van der Waals surface area (Å²) < 4.78 is 13.6. The molecule has 1 heterocycles. The number of thiophene rings is 1. The van der Waals surface area contributed by atoms with Gasteiger partial charge in [0.2, 0.25) is 0 Å². The molecule has 0 aliphatic carbocycles. The number of ketones is 1. The van der Waals surface area contributed by atoms with E-state index in [0.29, 0.717) is 13.2 Å². The van der Waals surface area contributed by atoms with Crippen molar-refractivity contribution in [2.75, 3.05) is 13.2 Å². The highest BCUT2D eigenvalue weighted by atomic mass is 32.2. The minimum atomic E-state index is -0.479. The fourth-order valence-corrected chi connectivity index (χ4v) is 7.05. The van der Waals surface area contributed by atoms with Crippen LogP contribution in [0.3, 0.4) is 0 Å². The number of ether oxygens (including phenoxy) is 2. The monoisotopic (exact) mass is 588 g/mol. The molecule has 0 radical (unpaired) electrons. The van der Waals surface area contributed by atoms with Crippen LogP contribution in [-0.2, 0) is 28.9 Å². The van der Waals surface area contributed by atoms with E-state index < -0.39 is 5.25 Å². The van der Waals surface area contributed by atoms with Crippen LogP contribution < -0.4 is 9.47 Å². The Morgan fingerprint density at radius 3 is 2.29 bits per heavy atom. The van der Waals surface area contributed by atoms with E-state index >= 15 is 0 Å². The molecule has 0 saturated heterocycles. The Morgan fingerprint density at radius 2 is 1.61 bits per heavy atom. The summed E-state index contributed by atoms with van der Waals surface area (Å²) in [6.07, 6.45) is 4.91. The fourth-order valence-electron chi connectivity index (χ4n) is 4.86. The quantitative estimate of drug-likeness (QED) is 0.130. The molecule has 216 valence electrons. The van der Waals surface area contributed by atoms with Crippen molar-refractivity contribution in [2.24, 2.45) is 5.92 Å². The molecule has 0 aliphatic heterocycles. The highest BCUT2D eigenvalue weighted by molar-refractivity contribution is 8.14. The molecule has 1 atom stereocenters. The van der Waals surface area contributed by atoms with Crippen molar-refractivity contribution in [1.82, 2.24) is 0 Å². The van der Waals surface area contributed by atoms with Crippen LogP contribution in [0, 0.1) is 5.92 Å². The number of Topliss-reactive ketones (excluding diaryl/α,β-unsaturated/α-hetero) is 1. The normalized spacial score (nSPS) is 12.0. The van der Waals surface area contributed by atoms with Gasteiger partial charge in [-0.05, 0) is 71.0 Å². The van der Waals surface area contributed by atoms with E-state index in [9.17, 15) is 9.59 Å². The minimum absolute atomic E-state index is 0.0580. The summed E-state index contributed by atoms with van der Waals surface area (Å²) in [4.78, 5) is 24.3. The molecule has 41 heavy (non-hydrogen) atoms. The van der Waals surface area contributed by atoms with Gasteiger partial charge in [-0.2, -0.15) is 0 Å². The number of hydrogen-bond acceptors (Lipinski definition) is 6. The maximum atomic E-state index is 12.6. The molecule has 0 saturated carbocycles. The van der Waals surface area contributed by atoms with E-state index in [4.69, 9.17) is 9.47 Å². The van der Waals surface area contributed by atoms with Crippen LogP contribution in [0.2, 0.25) is 0 Å². The summed E-state index contributed by atoms with van der Waals surface area (Å²) in [6, 6.07) is 22.5. The van der Waals surface area contributed by atoms with Crippen LogP contribution in [-0.4, -0.2) is 24.1 Å². The SMILES string of the molecule is CCCc1c(OCCCOc2ccc(C(SC(C)=O)C(=O)C(C)C)cc2)ccc2c(CCc3ccccc3)csc12. The summed E-state index contributed by atoms with van der Waals surface area (Å²) in [5.41, 5.74) is 4.93. The van der Waals surface area contributed by atoms with Crippen LogP contribution in [0.25, 0.3) is 10.1 Å². The van der Waals surface area contributed by atoms with Crippen LogP contribution in [0.4, 0.5) is 0 Å². The van der Waals surface area contributed by atoms with Crippen molar-refractivity contribution in [2.45, 2.75) is 65.0 Å². The Balaban J connectivity index is 1.31. The van der Waals surface area contributed by atoms with E-state index in [1.807, 2.05) is 49.4 Å². The van der Waals surface area contributed by atoms with Crippen LogP contribution in [0.5, 0.6) is 11.5 Å². The first-order chi connectivity index (χ1) is 19.9. The zero-order valence-electron chi connectivity index (χ0n) is 24.5. The van der Waals surface area contributed by atoms with Gasteiger partial charge in [0.25, 0.3) is 0 Å². The summed E-state index contributed by atoms with van der Waals surface area (Å²) in [6.45, 7) is 8.55. The average Bonchev–Trinajstić information content (AvgIpc) is 3.39. The van der Waals surface area contributed by atoms with Crippen molar-refractivity contribution in [3.05, 3.63) is 94.4 Å². The van der Waals surface area contributed by atoms with E-state index in [1.165, 1.54) is 33.7 Å².